The van der Waals surface area contributed by atoms with Crippen molar-refractivity contribution in [1.82, 2.24) is 14.8 Å². The molecule has 1 heterocycles. The van der Waals surface area contributed by atoms with E-state index in [0.717, 1.165) is 0 Å². The molecule has 68 valence electrons. The summed E-state index contributed by atoms with van der Waals surface area (Å²) in [5.74, 6) is 0. The highest BCUT2D eigenvalue weighted by Gasteiger charge is 2.26. The van der Waals surface area contributed by atoms with E-state index >= 15 is 0 Å². The lowest BCUT2D eigenvalue weighted by molar-refractivity contribution is 0.0405. The quantitative estimate of drug-likeness (QED) is 0.671. The minimum Gasteiger partial charge on any atom is -0.387 e. The molecule has 4 nitrogen and oxygen atoms in total. The Kier molecular flexibility index (Phi) is 2.74. The summed E-state index contributed by atoms with van der Waals surface area (Å²) in [6, 6.07) is 0. The van der Waals surface area contributed by atoms with Gasteiger partial charge in [0.25, 0.3) is 0 Å². The summed E-state index contributed by atoms with van der Waals surface area (Å²) in [6.07, 6.45) is 3.02. The predicted molar refractivity (Wildman–Crippen MR) is 49.1 cm³/mol. The highest BCUT2D eigenvalue weighted by atomic mass is 32.1. The Hall–Kier alpha value is -0.550. The van der Waals surface area contributed by atoms with E-state index in [-0.39, 0.29) is 5.25 Å². The van der Waals surface area contributed by atoms with E-state index in [1.54, 1.807) is 17.9 Å². The molecule has 1 rings (SSSR count). The van der Waals surface area contributed by atoms with Crippen molar-refractivity contribution in [2.75, 3.05) is 0 Å². The molecule has 0 aromatic carbocycles. The van der Waals surface area contributed by atoms with Crippen LogP contribution >= 0.6 is 12.6 Å². The number of hydrogen-bond donors (Lipinski definition) is 2. The van der Waals surface area contributed by atoms with Crippen molar-refractivity contribution in [2.24, 2.45) is 0 Å². The lowest BCUT2D eigenvalue weighted by Gasteiger charge is -2.26. The zero-order valence-corrected chi connectivity index (χ0v) is 8.07. The zero-order chi connectivity index (χ0) is 9.19. The van der Waals surface area contributed by atoms with Gasteiger partial charge in [0.2, 0.25) is 0 Å². The maximum Gasteiger partial charge on any atom is 0.137 e. The van der Waals surface area contributed by atoms with Crippen LogP contribution in [0.1, 0.15) is 13.8 Å². The second-order valence-electron chi connectivity index (χ2n) is 3.13. The molecule has 0 saturated heterocycles. The van der Waals surface area contributed by atoms with Crippen molar-refractivity contribution in [1.29, 1.82) is 0 Å². The lowest BCUT2D eigenvalue weighted by atomic mass is 10.0. The van der Waals surface area contributed by atoms with Gasteiger partial charge < -0.3 is 5.11 Å². The van der Waals surface area contributed by atoms with Crippen LogP contribution in [0.2, 0.25) is 0 Å². The predicted octanol–water partition coefficient (Wildman–Crippen LogP) is 0.347. The number of hydrogen-bond acceptors (Lipinski definition) is 4. The van der Waals surface area contributed by atoms with Gasteiger partial charge in [-0.2, -0.15) is 17.7 Å². The standard InChI is InChI=1S/C7H13N3OS/c1-6(12)7(2,11)3-10-5-8-4-9-10/h4-6,11-12H,3H2,1-2H3. The summed E-state index contributed by atoms with van der Waals surface area (Å²) >= 11 is 4.18. The summed E-state index contributed by atoms with van der Waals surface area (Å²) < 4.78 is 1.59. The van der Waals surface area contributed by atoms with E-state index in [0.29, 0.717) is 6.54 Å². The van der Waals surface area contributed by atoms with Crippen LogP contribution in [0, 0.1) is 0 Å². The largest absolute Gasteiger partial charge is 0.387 e. The van der Waals surface area contributed by atoms with Gasteiger partial charge in [0.1, 0.15) is 12.7 Å². The van der Waals surface area contributed by atoms with Gasteiger partial charge in [0, 0.05) is 5.25 Å². The van der Waals surface area contributed by atoms with Crippen molar-refractivity contribution in [3.05, 3.63) is 12.7 Å². The molecule has 1 N–H and O–H groups in total. The van der Waals surface area contributed by atoms with Gasteiger partial charge in [-0.25, -0.2) is 4.98 Å². The van der Waals surface area contributed by atoms with Crippen molar-refractivity contribution in [3.63, 3.8) is 0 Å². The molecule has 0 saturated carbocycles. The van der Waals surface area contributed by atoms with Gasteiger partial charge in [-0.15, -0.1) is 0 Å². The van der Waals surface area contributed by atoms with Crippen LogP contribution in [-0.2, 0) is 6.54 Å². The van der Waals surface area contributed by atoms with E-state index in [1.807, 2.05) is 6.92 Å². The maximum absolute atomic E-state index is 9.80. The fraction of sp³-hybridized carbons (Fsp3) is 0.714. The summed E-state index contributed by atoms with van der Waals surface area (Å²) in [5.41, 5.74) is -0.850. The van der Waals surface area contributed by atoms with Gasteiger partial charge in [-0.3, -0.25) is 4.68 Å². The summed E-state index contributed by atoms with van der Waals surface area (Å²) in [7, 11) is 0. The Morgan fingerprint density at radius 3 is 2.83 bits per heavy atom. The molecule has 0 bridgehead atoms. The van der Waals surface area contributed by atoms with E-state index < -0.39 is 5.60 Å². The molecule has 0 radical (unpaired) electrons. The second-order valence-corrected chi connectivity index (χ2v) is 3.90. The topological polar surface area (TPSA) is 50.9 Å². The molecule has 1 aromatic heterocycles. The van der Waals surface area contributed by atoms with Crippen molar-refractivity contribution < 1.29 is 5.11 Å². The first-order valence-electron chi connectivity index (χ1n) is 3.75. The summed E-state index contributed by atoms with van der Waals surface area (Å²) in [5, 5.41) is 13.6. The highest BCUT2D eigenvalue weighted by molar-refractivity contribution is 7.81. The fourth-order valence-electron chi connectivity index (χ4n) is 0.774. The van der Waals surface area contributed by atoms with Crippen LogP contribution in [0.5, 0.6) is 0 Å². The Morgan fingerprint density at radius 1 is 1.75 bits per heavy atom. The van der Waals surface area contributed by atoms with Gasteiger partial charge in [-0.05, 0) is 6.92 Å². The smallest absolute Gasteiger partial charge is 0.137 e. The minimum atomic E-state index is -0.850. The third-order valence-electron chi connectivity index (χ3n) is 1.85. The Balaban J connectivity index is 2.62. The van der Waals surface area contributed by atoms with E-state index in [2.05, 4.69) is 22.7 Å². The molecule has 2 unspecified atom stereocenters. The number of aromatic nitrogens is 3. The average Bonchev–Trinajstić information content (AvgIpc) is 2.38. The molecule has 0 spiro atoms. The summed E-state index contributed by atoms with van der Waals surface area (Å²) in [6.45, 7) is 3.99. The summed E-state index contributed by atoms with van der Waals surface area (Å²) in [4.78, 5) is 3.78. The van der Waals surface area contributed by atoms with Crippen LogP contribution < -0.4 is 0 Å². The SMILES string of the molecule is CC(S)C(C)(O)Cn1cncn1. The Morgan fingerprint density at radius 2 is 2.42 bits per heavy atom. The zero-order valence-electron chi connectivity index (χ0n) is 7.18. The van der Waals surface area contributed by atoms with Gasteiger partial charge in [-0.1, -0.05) is 6.92 Å². The van der Waals surface area contributed by atoms with Crippen molar-refractivity contribution in [2.45, 2.75) is 31.2 Å². The molecule has 0 aliphatic carbocycles. The molecule has 5 heteroatoms. The number of nitrogens with zero attached hydrogens (tertiary/aromatic N) is 3. The molecule has 2 atom stereocenters. The molecule has 12 heavy (non-hydrogen) atoms. The van der Waals surface area contributed by atoms with Crippen LogP contribution in [0.4, 0.5) is 0 Å². The molecular weight excluding hydrogens is 174 g/mol. The molecule has 0 aliphatic heterocycles. The van der Waals surface area contributed by atoms with Gasteiger partial charge >= 0.3 is 0 Å². The van der Waals surface area contributed by atoms with Crippen molar-refractivity contribution in [3.8, 4) is 0 Å². The monoisotopic (exact) mass is 187 g/mol. The first-order valence-corrected chi connectivity index (χ1v) is 4.27. The molecule has 0 aliphatic rings. The molecule has 0 fully saturated rings. The normalized spacial score (nSPS) is 18.7. The lowest BCUT2D eigenvalue weighted by Crippen LogP contribution is -2.38. The average molecular weight is 187 g/mol. The molecule has 0 amide bonds. The molecular formula is C7H13N3OS. The molecule has 1 aromatic rings. The van der Waals surface area contributed by atoms with Crippen LogP contribution in [0.15, 0.2) is 12.7 Å². The number of aliphatic hydroxyl groups is 1. The van der Waals surface area contributed by atoms with Gasteiger partial charge in [0.15, 0.2) is 0 Å². The van der Waals surface area contributed by atoms with Crippen molar-refractivity contribution >= 4 is 12.6 Å². The number of thiol groups is 1. The van der Waals surface area contributed by atoms with Gasteiger partial charge in [0.05, 0.1) is 12.1 Å². The highest BCUT2D eigenvalue weighted by Crippen LogP contribution is 2.16. The van der Waals surface area contributed by atoms with E-state index in [4.69, 9.17) is 0 Å². The minimum absolute atomic E-state index is 0.0956. The maximum atomic E-state index is 9.80. The van der Waals surface area contributed by atoms with Crippen LogP contribution in [0.25, 0.3) is 0 Å². The third kappa shape index (κ3) is 2.22. The Labute approximate surface area is 77.0 Å². The second kappa shape index (κ2) is 3.45. The third-order valence-corrected chi connectivity index (χ3v) is 2.40. The van der Waals surface area contributed by atoms with Crippen LogP contribution in [-0.4, -0.2) is 30.7 Å². The van der Waals surface area contributed by atoms with E-state index in [1.165, 1.54) is 6.33 Å². The number of rotatable bonds is 3. The Bertz CT molecular complexity index is 233. The first kappa shape index (κ1) is 9.54. The van der Waals surface area contributed by atoms with Crippen LogP contribution in [0.3, 0.4) is 0 Å². The van der Waals surface area contributed by atoms with E-state index in [9.17, 15) is 5.11 Å². The first-order chi connectivity index (χ1) is 5.52. The fourth-order valence-corrected chi connectivity index (χ4v) is 0.856.